The highest BCUT2D eigenvalue weighted by atomic mass is 16.3. The van der Waals surface area contributed by atoms with Crippen molar-refractivity contribution in [3.05, 3.63) is 218 Å². The van der Waals surface area contributed by atoms with Crippen molar-refractivity contribution in [3.8, 4) is 39.1 Å². The van der Waals surface area contributed by atoms with E-state index in [0.717, 1.165) is 72.5 Å². The number of benzene rings is 9. The minimum Gasteiger partial charge on any atom is -0.456 e. The Kier molecular flexibility index (Phi) is 7.82. The molecule has 3 heteroatoms. The van der Waals surface area contributed by atoms with Crippen LogP contribution in [0.3, 0.4) is 0 Å². The Bertz CT molecular complexity index is 3160. The number of furan rings is 1. The maximum atomic E-state index is 6.32. The van der Waals surface area contributed by atoms with E-state index >= 15 is 0 Å². The summed E-state index contributed by atoms with van der Waals surface area (Å²) >= 11 is 0. The molecule has 0 amide bonds. The van der Waals surface area contributed by atoms with E-state index in [-0.39, 0.29) is 0 Å². The molecule has 0 aliphatic rings. The topological polar surface area (TPSA) is 21.3 Å². The van der Waals surface area contributed by atoms with Gasteiger partial charge in [-0.3, -0.25) is 0 Å². The van der Waals surface area contributed by atoms with Crippen molar-refractivity contribution in [2.24, 2.45) is 0 Å². The van der Waals surface area contributed by atoms with Gasteiger partial charge in [-0.15, -0.1) is 0 Å². The van der Waals surface area contributed by atoms with Crippen molar-refractivity contribution in [1.82, 2.24) is 4.57 Å². The van der Waals surface area contributed by atoms with Crippen LogP contribution in [0.25, 0.3) is 82.8 Å². The van der Waals surface area contributed by atoms with Crippen LogP contribution in [0, 0.1) is 0 Å². The van der Waals surface area contributed by atoms with Gasteiger partial charge in [0.1, 0.15) is 11.2 Å². The highest BCUT2D eigenvalue weighted by Gasteiger charge is 2.23. The van der Waals surface area contributed by atoms with E-state index in [4.69, 9.17) is 4.42 Å². The van der Waals surface area contributed by atoms with Crippen LogP contribution in [0.4, 0.5) is 17.1 Å². The first kappa shape index (κ1) is 32.8. The Hall–Kier alpha value is -7.62. The maximum Gasteiger partial charge on any atom is 0.135 e. The summed E-state index contributed by atoms with van der Waals surface area (Å²) in [6.07, 6.45) is 0. The fourth-order valence-corrected chi connectivity index (χ4v) is 8.65. The molecule has 11 rings (SSSR count). The molecule has 0 radical (unpaired) electrons. The zero-order valence-electron chi connectivity index (χ0n) is 31.1. The van der Waals surface area contributed by atoms with E-state index in [1.54, 1.807) is 0 Å². The minimum absolute atomic E-state index is 0.873. The summed E-state index contributed by atoms with van der Waals surface area (Å²) in [4.78, 5) is 2.43. The Morgan fingerprint density at radius 3 is 1.60 bits per heavy atom. The lowest BCUT2D eigenvalue weighted by Crippen LogP contribution is -2.12. The molecule has 0 spiro atoms. The molecule has 0 aliphatic heterocycles. The second-order valence-electron chi connectivity index (χ2n) is 14.5. The highest BCUT2D eigenvalue weighted by Crippen LogP contribution is 2.48. The van der Waals surface area contributed by atoms with E-state index in [1.807, 2.05) is 12.1 Å². The molecule has 0 saturated heterocycles. The smallest absolute Gasteiger partial charge is 0.135 e. The summed E-state index contributed by atoms with van der Waals surface area (Å²) < 4.78 is 8.71. The fraction of sp³-hybridized carbons (Fsp3) is 0. The van der Waals surface area contributed by atoms with Gasteiger partial charge >= 0.3 is 0 Å². The van der Waals surface area contributed by atoms with Gasteiger partial charge in [0, 0.05) is 49.7 Å². The Morgan fingerprint density at radius 1 is 0.351 bits per heavy atom. The second-order valence-corrected chi connectivity index (χ2v) is 14.5. The lowest BCUT2D eigenvalue weighted by molar-refractivity contribution is 0.669. The van der Waals surface area contributed by atoms with Gasteiger partial charge in [-0.2, -0.15) is 0 Å². The zero-order valence-corrected chi connectivity index (χ0v) is 31.1. The quantitative estimate of drug-likeness (QED) is 0.163. The lowest BCUT2D eigenvalue weighted by atomic mass is 9.94. The SMILES string of the molecule is c1ccc(-c2cccc(-c3ccccc3)c2N(c2ccc(-c3cccc4c3c3ccccc3n4-c3ccccc3)cc2)c2ccc3oc4ccccc4c3c2)cc1. The van der Waals surface area contributed by atoms with Crippen molar-refractivity contribution >= 4 is 60.8 Å². The molecule has 2 heterocycles. The van der Waals surface area contributed by atoms with E-state index < -0.39 is 0 Å². The summed E-state index contributed by atoms with van der Waals surface area (Å²) in [5.41, 5.74) is 15.5. The van der Waals surface area contributed by atoms with Gasteiger partial charge in [0.15, 0.2) is 0 Å². The number of rotatable bonds is 7. The van der Waals surface area contributed by atoms with Crippen LogP contribution in [-0.2, 0) is 0 Å². The summed E-state index contributed by atoms with van der Waals surface area (Å²) in [5, 5.41) is 4.68. The first-order valence-corrected chi connectivity index (χ1v) is 19.4. The predicted molar refractivity (Wildman–Crippen MR) is 239 cm³/mol. The third kappa shape index (κ3) is 5.51. The molecule has 3 nitrogen and oxygen atoms in total. The monoisotopic (exact) mass is 728 g/mol. The summed E-state index contributed by atoms with van der Waals surface area (Å²) in [5.74, 6) is 0. The van der Waals surface area contributed by atoms with Gasteiger partial charge in [-0.1, -0.05) is 158 Å². The van der Waals surface area contributed by atoms with Crippen molar-refractivity contribution < 1.29 is 4.42 Å². The zero-order chi connectivity index (χ0) is 37.7. The van der Waals surface area contributed by atoms with Gasteiger partial charge in [0.25, 0.3) is 0 Å². The molecule has 57 heavy (non-hydrogen) atoms. The standard InChI is InChI=1S/C54H36N2O/c1-4-16-37(17-5-1)44-25-14-26-45(38-18-6-2-7-19-38)54(44)55(42-34-35-52-48(36-42)46-22-11-13-29-51(46)57-52)41-32-30-39(31-33-41)43-24-15-28-50-53(43)47-23-10-12-27-49(47)56(50)40-20-8-3-9-21-40/h1-36H. The summed E-state index contributed by atoms with van der Waals surface area (Å²) in [6.45, 7) is 0. The van der Waals surface area contributed by atoms with Crippen LogP contribution in [-0.4, -0.2) is 4.57 Å². The van der Waals surface area contributed by atoms with Crippen LogP contribution in [0.2, 0.25) is 0 Å². The van der Waals surface area contributed by atoms with Gasteiger partial charge in [0.2, 0.25) is 0 Å². The number of nitrogens with zero attached hydrogens (tertiary/aromatic N) is 2. The molecular weight excluding hydrogens is 693 g/mol. The molecule has 0 fully saturated rings. The number of para-hydroxylation sites is 4. The summed E-state index contributed by atoms with van der Waals surface area (Å²) in [6, 6.07) is 78.2. The Morgan fingerprint density at radius 2 is 0.877 bits per heavy atom. The van der Waals surface area contributed by atoms with Crippen molar-refractivity contribution in [2.75, 3.05) is 4.90 Å². The van der Waals surface area contributed by atoms with Gasteiger partial charge < -0.3 is 13.9 Å². The van der Waals surface area contributed by atoms with E-state index in [9.17, 15) is 0 Å². The molecule has 0 saturated carbocycles. The number of anilines is 3. The van der Waals surface area contributed by atoms with E-state index in [0.29, 0.717) is 0 Å². The molecule has 0 unspecified atom stereocenters. The Labute approximate surface area is 330 Å². The second kappa shape index (κ2) is 13.6. The van der Waals surface area contributed by atoms with Gasteiger partial charge in [-0.05, 0) is 82.9 Å². The van der Waals surface area contributed by atoms with Crippen LogP contribution in [0.5, 0.6) is 0 Å². The third-order valence-corrected chi connectivity index (χ3v) is 11.2. The van der Waals surface area contributed by atoms with Crippen LogP contribution in [0.15, 0.2) is 223 Å². The van der Waals surface area contributed by atoms with Crippen LogP contribution >= 0.6 is 0 Å². The number of hydrogen-bond donors (Lipinski definition) is 0. The van der Waals surface area contributed by atoms with Crippen molar-refractivity contribution in [2.45, 2.75) is 0 Å². The highest BCUT2D eigenvalue weighted by molar-refractivity contribution is 6.16. The fourth-order valence-electron chi connectivity index (χ4n) is 8.65. The third-order valence-electron chi connectivity index (χ3n) is 11.2. The van der Waals surface area contributed by atoms with E-state index in [1.165, 1.54) is 27.4 Å². The molecule has 0 N–H and O–H groups in total. The molecule has 9 aromatic carbocycles. The first-order chi connectivity index (χ1) is 28.3. The number of hydrogen-bond acceptors (Lipinski definition) is 2. The molecular formula is C54H36N2O. The molecule has 2 aromatic heterocycles. The molecule has 0 atom stereocenters. The normalized spacial score (nSPS) is 11.5. The van der Waals surface area contributed by atoms with Crippen LogP contribution < -0.4 is 4.90 Å². The minimum atomic E-state index is 0.873. The number of fused-ring (bicyclic) bond motifs is 6. The molecule has 268 valence electrons. The lowest BCUT2D eigenvalue weighted by Gasteiger charge is -2.30. The average Bonchev–Trinajstić information content (AvgIpc) is 3.83. The molecule has 11 aromatic rings. The van der Waals surface area contributed by atoms with Crippen molar-refractivity contribution in [1.29, 1.82) is 0 Å². The maximum absolute atomic E-state index is 6.32. The van der Waals surface area contributed by atoms with E-state index in [2.05, 4.69) is 216 Å². The first-order valence-electron chi connectivity index (χ1n) is 19.4. The predicted octanol–water partition coefficient (Wildman–Crippen LogP) is 15.2. The van der Waals surface area contributed by atoms with Crippen molar-refractivity contribution in [3.63, 3.8) is 0 Å². The number of aromatic nitrogens is 1. The molecule has 0 bridgehead atoms. The largest absolute Gasteiger partial charge is 0.456 e. The molecule has 0 aliphatic carbocycles. The average molecular weight is 729 g/mol. The van der Waals surface area contributed by atoms with Gasteiger partial charge in [0.05, 0.1) is 16.7 Å². The Balaban J connectivity index is 1.14. The summed E-state index contributed by atoms with van der Waals surface area (Å²) in [7, 11) is 0. The van der Waals surface area contributed by atoms with Crippen LogP contribution in [0.1, 0.15) is 0 Å². The van der Waals surface area contributed by atoms with Gasteiger partial charge in [-0.25, -0.2) is 0 Å².